The normalized spacial score (nSPS) is 15.6. The van der Waals surface area contributed by atoms with Crippen LogP contribution in [0.2, 0.25) is 0 Å². The van der Waals surface area contributed by atoms with E-state index in [4.69, 9.17) is 4.74 Å². The number of nitrogens with zero attached hydrogens (tertiary/aromatic N) is 1. The maximum Gasteiger partial charge on any atom is 0.416 e. The van der Waals surface area contributed by atoms with Gasteiger partial charge in [0, 0.05) is 31.7 Å². The molecule has 33 heavy (non-hydrogen) atoms. The fourth-order valence-corrected chi connectivity index (χ4v) is 3.39. The van der Waals surface area contributed by atoms with Gasteiger partial charge >= 0.3 is 6.18 Å². The van der Waals surface area contributed by atoms with E-state index in [1.54, 1.807) is 12.1 Å². The van der Waals surface area contributed by atoms with E-state index in [2.05, 4.69) is 15.5 Å². The van der Waals surface area contributed by atoms with Crippen LogP contribution in [0.1, 0.15) is 15.9 Å². The number of carbonyl (C=O) groups is 2. The largest absolute Gasteiger partial charge is 0.416 e. The number of hydrogen-bond donors (Lipinski definition) is 3. The summed E-state index contributed by atoms with van der Waals surface area (Å²) in [4.78, 5) is 27.0. The topological polar surface area (TPSA) is 90.9 Å². The molecule has 178 valence electrons. The van der Waals surface area contributed by atoms with Crippen LogP contribution in [0, 0.1) is 0 Å². The maximum absolute atomic E-state index is 12.7. The molecular formula is C23H26F3N3O4. The molecule has 1 aliphatic rings. The summed E-state index contributed by atoms with van der Waals surface area (Å²) in [7, 11) is 0. The summed E-state index contributed by atoms with van der Waals surface area (Å²) in [6.45, 7) is 3.36. The molecule has 1 heterocycles. The number of carbonyl (C=O) groups excluding carboxylic acids is 2. The molecule has 3 N–H and O–H groups in total. The van der Waals surface area contributed by atoms with Crippen molar-refractivity contribution in [1.29, 1.82) is 0 Å². The fourth-order valence-electron chi connectivity index (χ4n) is 3.39. The van der Waals surface area contributed by atoms with Crippen molar-refractivity contribution in [3.8, 4) is 11.1 Å². The molecule has 1 atom stereocenters. The Morgan fingerprint density at radius 1 is 1.00 bits per heavy atom. The van der Waals surface area contributed by atoms with E-state index in [-0.39, 0.29) is 5.56 Å². The van der Waals surface area contributed by atoms with Crippen LogP contribution in [0.3, 0.4) is 0 Å². The Balaban J connectivity index is 1.53. The van der Waals surface area contributed by atoms with Gasteiger partial charge in [-0.1, -0.05) is 24.3 Å². The lowest BCUT2D eigenvalue weighted by Crippen LogP contribution is -2.50. The van der Waals surface area contributed by atoms with Gasteiger partial charge in [-0.25, -0.2) is 0 Å². The number of hydrogen-bond acceptors (Lipinski definition) is 5. The molecule has 0 radical (unpaired) electrons. The number of nitrogens with one attached hydrogen (secondary N) is 2. The standard InChI is InChI=1S/C23H26F3N3O4/c24-23(25,26)19-7-5-17(6-8-19)16-1-3-18(4-2-16)21(31)28-20(15-30)22(32)27-9-10-29-11-13-33-14-12-29/h1-8,20,30H,9-15H2,(H,27,32)(H,28,31)/t20-/m0/s1. The van der Waals surface area contributed by atoms with Gasteiger partial charge < -0.3 is 20.5 Å². The van der Waals surface area contributed by atoms with Crippen LogP contribution in [0.5, 0.6) is 0 Å². The third-order valence-electron chi connectivity index (χ3n) is 5.33. The molecule has 1 fully saturated rings. The number of amides is 2. The third kappa shape index (κ3) is 7.01. The minimum absolute atomic E-state index is 0.255. The molecular weight excluding hydrogens is 439 g/mol. The average Bonchev–Trinajstić information content (AvgIpc) is 2.82. The minimum Gasteiger partial charge on any atom is -0.394 e. The van der Waals surface area contributed by atoms with E-state index in [0.717, 1.165) is 25.2 Å². The van der Waals surface area contributed by atoms with Crippen LogP contribution < -0.4 is 10.6 Å². The van der Waals surface area contributed by atoms with Crippen molar-refractivity contribution >= 4 is 11.8 Å². The first-order chi connectivity index (χ1) is 15.8. The lowest BCUT2D eigenvalue weighted by Gasteiger charge is -2.26. The van der Waals surface area contributed by atoms with Gasteiger partial charge in [0.1, 0.15) is 6.04 Å². The van der Waals surface area contributed by atoms with Crippen LogP contribution in [-0.4, -0.2) is 73.9 Å². The smallest absolute Gasteiger partial charge is 0.394 e. The highest BCUT2D eigenvalue weighted by atomic mass is 19.4. The molecule has 0 spiro atoms. The quantitative estimate of drug-likeness (QED) is 0.554. The van der Waals surface area contributed by atoms with Crippen LogP contribution in [-0.2, 0) is 15.7 Å². The Bertz CT molecular complexity index is 927. The Morgan fingerprint density at radius 3 is 2.12 bits per heavy atom. The van der Waals surface area contributed by atoms with Crippen molar-refractivity contribution in [3.63, 3.8) is 0 Å². The van der Waals surface area contributed by atoms with Crippen molar-refractivity contribution in [2.24, 2.45) is 0 Å². The van der Waals surface area contributed by atoms with Crippen LogP contribution >= 0.6 is 0 Å². The van der Waals surface area contributed by atoms with E-state index in [0.29, 0.717) is 37.4 Å². The van der Waals surface area contributed by atoms with Gasteiger partial charge in [-0.3, -0.25) is 14.5 Å². The summed E-state index contributed by atoms with van der Waals surface area (Å²) in [5, 5.41) is 14.7. The number of ether oxygens (including phenoxy) is 1. The van der Waals surface area contributed by atoms with Crippen molar-refractivity contribution in [3.05, 3.63) is 59.7 Å². The van der Waals surface area contributed by atoms with Crippen molar-refractivity contribution in [2.75, 3.05) is 46.0 Å². The third-order valence-corrected chi connectivity index (χ3v) is 5.33. The predicted octanol–water partition coefficient (Wildman–Crippen LogP) is 1.91. The molecule has 0 bridgehead atoms. The van der Waals surface area contributed by atoms with Crippen LogP contribution in [0.15, 0.2) is 48.5 Å². The summed E-state index contributed by atoms with van der Waals surface area (Å²) < 4.78 is 43.4. The van der Waals surface area contributed by atoms with Gasteiger partial charge in [-0.05, 0) is 35.4 Å². The second-order valence-electron chi connectivity index (χ2n) is 7.61. The van der Waals surface area contributed by atoms with Crippen molar-refractivity contribution < 1.29 is 32.6 Å². The van der Waals surface area contributed by atoms with Gasteiger partial charge in [0.25, 0.3) is 5.91 Å². The summed E-state index contributed by atoms with van der Waals surface area (Å²) in [6.07, 6.45) is -4.40. The van der Waals surface area contributed by atoms with Crippen molar-refractivity contribution in [1.82, 2.24) is 15.5 Å². The Hall–Kier alpha value is -2.95. The lowest BCUT2D eigenvalue weighted by atomic mass is 10.0. The molecule has 7 nitrogen and oxygen atoms in total. The zero-order valence-corrected chi connectivity index (χ0v) is 17.9. The molecule has 1 aliphatic heterocycles. The summed E-state index contributed by atoms with van der Waals surface area (Å²) in [6, 6.07) is 9.85. The van der Waals surface area contributed by atoms with E-state index < -0.39 is 36.2 Å². The number of benzene rings is 2. The SMILES string of the molecule is O=C(N[C@@H](CO)C(=O)NCCN1CCOCC1)c1ccc(-c2ccc(C(F)(F)F)cc2)cc1. The first kappa shape index (κ1) is 24.7. The molecule has 0 unspecified atom stereocenters. The van der Waals surface area contributed by atoms with Crippen LogP contribution in [0.4, 0.5) is 13.2 Å². The molecule has 10 heteroatoms. The molecule has 2 aromatic rings. The Morgan fingerprint density at radius 2 is 1.58 bits per heavy atom. The molecule has 2 aromatic carbocycles. The number of halogens is 3. The highest BCUT2D eigenvalue weighted by Crippen LogP contribution is 2.31. The maximum atomic E-state index is 12.7. The van der Waals surface area contributed by atoms with E-state index >= 15 is 0 Å². The fraction of sp³-hybridized carbons (Fsp3) is 0.391. The Labute approximate surface area is 189 Å². The molecule has 3 rings (SSSR count). The monoisotopic (exact) mass is 465 g/mol. The lowest BCUT2D eigenvalue weighted by molar-refractivity contribution is -0.137. The molecule has 0 saturated carbocycles. The molecule has 2 amide bonds. The highest BCUT2D eigenvalue weighted by molar-refractivity contribution is 5.98. The van der Waals surface area contributed by atoms with Gasteiger partial charge in [-0.15, -0.1) is 0 Å². The first-order valence-electron chi connectivity index (χ1n) is 10.5. The number of aliphatic hydroxyl groups is 1. The minimum atomic E-state index is -4.40. The molecule has 0 aliphatic carbocycles. The van der Waals surface area contributed by atoms with E-state index in [9.17, 15) is 27.9 Å². The second kappa shape index (κ2) is 11.3. The van der Waals surface area contributed by atoms with E-state index in [1.165, 1.54) is 24.3 Å². The molecule has 0 aromatic heterocycles. The van der Waals surface area contributed by atoms with Gasteiger partial charge in [-0.2, -0.15) is 13.2 Å². The van der Waals surface area contributed by atoms with Crippen LogP contribution in [0.25, 0.3) is 11.1 Å². The Kier molecular flexibility index (Phi) is 8.43. The first-order valence-corrected chi connectivity index (χ1v) is 10.5. The predicted molar refractivity (Wildman–Crippen MR) is 115 cm³/mol. The number of alkyl halides is 3. The van der Waals surface area contributed by atoms with Gasteiger partial charge in [0.15, 0.2) is 0 Å². The second-order valence-corrected chi connectivity index (χ2v) is 7.61. The number of morpholine rings is 1. The van der Waals surface area contributed by atoms with Gasteiger partial charge in [0.2, 0.25) is 5.91 Å². The summed E-state index contributed by atoms with van der Waals surface area (Å²) in [5.41, 5.74) is 0.730. The molecule has 1 saturated heterocycles. The van der Waals surface area contributed by atoms with Gasteiger partial charge in [0.05, 0.1) is 25.4 Å². The highest BCUT2D eigenvalue weighted by Gasteiger charge is 2.30. The summed E-state index contributed by atoms with van der Waals surface area (Å²) in [5.74, 6) is -1.03. The van der Waals surface area contributed by atoms with Crippen molar-refractivity contribution in [2.45, 2.75) is 12.2 Å². The zero-order valence-electron chi connectivity index (χ0n) is 17.9. The summed E-state index contributed by atoms with van der Waals surface area (Å²) >= 11 is 0. The average molecular weight is 465 g/mol. The van der Waals surface area contributed by atoms with E-state index in [1.807, 2.05) is 0 Å². The zero-order chi connectivity index (χ0) is 23.8. The number of rotatable bonds is 8. The number of aliphatic hydroxyl groups excluding tert-OH is 1.